The molecule has 0 aliphatic carbocycles. The molecule has 0 spiro atoms. The van der Waals surface area contributed by atoms with Crippen molar-refractivity contribution in [3.05, 3.63) is 65.3 Å². The van der Waals surface area contributed by atoms with E-state index < -0.39 is 5.82 Å². The molecule has 0 aliphatic heterocycles. The molecular formula is C17H14ClFN4O2. The number of nitrogens with one attached hydrogen (secondary N) is 2. The molecule has 2 amide bonds. The van der Waals surface area contributed by atoms with Crippen LogP contribution in [-0.2, 0) is 6.42 Å². The first-order chi connectivity index (χ1) is 12.1. The van der Waals surface area contributed by atoms with Crippen molar-refractivity contribution in [2.75, 3.05) is 11.9 Å². The molecule has 0 bridgehead atoms. The Labute approximate surface area is 148 Å². The SMILES string of the molecule is O=C(NCCc1nc(-c2ccccc2F)no1)Nc1ccc(Cl)cc1. The first-order valence-electron chi connectivity index (χ1n) is 7.50. The Kier molecular flexibility index (Phi) is 5.25. The van der Waals surface area contributed by atoms with Crippen LogP contribution in [0.15, 0.2) is 53.1 Å². The second-order valence-corrected chi connectivity index (χ2v) is 5.57. The predicted molar refractivity (Wildman–Crippen MR) is 91.9 cm³/mol. The van der Waals surface area contributed by atoms with Gasteiger partial charge < -0.3 is 15.2 Å². The molecule has 0 aliphatic rings. The molecule has 128 valence electrons. The summed E-state index contributed by atoms with van der Waals surface area (Å²) in [5.41, 5.74) is 0.896. The number of hydrogen-bond donors (Lipinski definition) is 2. The lowest BCUT2D eigenvalue weighted by atomic mass is 10.2. The molecule has 1 aromatic heterocycles. The van der Waals surface area contributed by atoms with Crippen LogP contribution in [0, 0.1) is 5.82 Å². The number of carbonyl (C=O) groups excluding carboxylic acids is 1. The maximum Gasteiger partial charge on any atom is 0.319 e. The van der Waals surface area contributed by atoms with E-state index in [0.29, 0.717) is 29.6 Å². The Balaban J connectivity index is 1.50. The minimum absolute atomic E-state index is 0.179. The van der Waals surface area contributed by atoms with Crippen LogP contribution in [0.4, 0.5) is 14.9 Å². The maximum atomic E-state index is 13.7. The third kappa shape index (κ3) is 4.54. The molecule has 0 radical (unpaired) electrons. The number of carbonyl (C=O) groups is 1. The summed E-state index contributed by atoms with van der Waals surface area (Å²) < 4.78 is 18.8. The van der Waals surface area contributed by atoms with Gasteiger partial charge in [-0.2, -0.15) is 4.98 Å². The van der Waals surface area contributed by atoms with E-state index in [4.69, 9.17) is 16.1 Å². The lowest BCUT2D eigenvalue weighted by Gasteiger charge is -2.06. The van der Waals surface area contributed by atoms with Crippen molar-refractivity contribution in [2.45, 2.75) is 6.42 Å². The van der Waals surface area contributed by atoms with Crippen LogP contribution in [0.2, 0.25) is 5.02 Å². The second kappa shape index (κ2) is 7.76. The fourth-order valence-corrected chi connectivity index (χ4v) is 2.23. The van der Waals surface area contributed by atoms with Gasteiger partial charge in [0.2, 0.25) is 11.7 Å². The minimum Gasteiger partial charge on any atom is -0.339 e. The van der Waals surface area contributed by atoms with E-state index >= 15 is 0 Å². The minimum atomic E-state index is -0.421. The maximum absolute atomic E-state index is 13.7. The molecular weight excluding hydrogens is 347 g/mol. The topological polar surface area (TPSA) is 80.1 Å². The molecule has 25 heavy (non-hydrogen) atoms. The van der Waals surface area contributed by atoms with Crippen molar-refractivity contribution in [1.82, 2.24) is 15.5 Å². The van der Waals surface area contributed by atoms with Crippen LogP contribution in [0.3, 0.4) is 0 Å². The van der Waals surface area contributed by atoms with Gasteiger partial charge in [-0.3, -0.25) is 0 Å². The van der Waals surface area contributed by atoms with E-state index in [1.807, 2.05) is 0 Å². The summed E-state index contributed by atoms with van der Waals surface area (Å²) in [5.74, 6) is 0.0686. The highest BCUT2D eigenvalue weighted by molar-refractivity contribution is 6.30. The number of hydrogen-bond acceptors (Lipinski definition) is 4. The van der Waals surface area contributed by atoms with Crippen molar-refractivity contribution in [3.63, 3.8) is 0 Å². The van der Waals surface area contributed by atoms with E-state index in [-0.39, 0.29) is 17.4 Å². The van der Waals surface area contributed by atoms with Gasteiger partial charge in [-0.15, -0.1) is 0 Å². The molecule has 2 N–H and O–H groups in total. The number of rotatable bonds is 5. The predicted octanol–water partition coefficient (Wildman–Crippen LogP) is 3.89. The number of urea groups is 1. The van der Waals surface area contributed by atoms with Gasteiger partial charge in [-0.1, -0.05) is 28.9 Å². The van der Waals surface area contributed by atoms with Gasteiger partial charge in [0.25, 0.3) is 0 Å². The molecule has 0 saturated carbocycles. The molecule has 0 saturated heterocycles. The molecule has 8 heteroatoms. The molecule has 0 unspecified atom stereocenters. The Bertz CT molecular complexity index is 867. The average Bonchev–Trinajstić information content (AvgIpc) is 3.06. The first-order valence-corrected chi connectivity index (χ1v) is 7.87. The molecule has 1 heterocycles. The molecule has 3 rings (SSSR count). The third-order valence-corrected chi connectivity index (χ3v) is 3.56. The third-order valence-electron chi connectivity index (χ3n) is 3.31. The molecule has 6 nitrogen and oxygen atoms in total. The lowest BCUT2D eigenvalue weighted by molar-refractivity contribution is 0.252. The number of amides is 2. The molecule has 0 fully saturated rings. The largest absolute Gasteiger partial charge is 0.339 e. The highest BCUT2D eigenvalue weighted by atomic mass is 35.5. The summed E-state index contributed by atoms with van der Waals surface area (Å²) in [5, 5.41) is 9.68. The van der Waals surface area contributed by atoms with E-state index in [1.165, 1.54) is 6.07 Å². The zero-order chi connectivity index (χ0) is 17.6. The normalized spacial score (nSPS) is 10.5. The van der Waals surface area contributed by atoms with E-state index in [1.54, 1.807) is 42.5 Å². The lowest BCUT2D eigenvalue weighted by Crippen LogP contribution is -2.30. The summed E-state index contributed by atoms with van der Waals surface area (Å²) in [4.78, 5) is 15.9. The van der Waals surface area contributed by atoms with Gasteiger partial charge in [0.15, 0.2) is 0 Å². The fraction of sp³-hybridized carbons (Fsp3) is 0.118. The Hall–Kier alpha value is -2.93. The highest BCUT2D eigenvalue weighted by Crippen LogP contribution is 2.19. The van der Waals surface area contributed by atoms with Crippen LogP contribution >= 0.6 is 11.6 Å². The van der Waals surface area contributed by atoms with Gasteiger partial charge in [-0.25, -0.2) is 9.18 Å². The van der Waals surface area contributed by atoms with Crippen LogP contribution in [-0.4, -0.2) is 22.7 Å². The zero-order valence-corrected chi connectivity index (χ0v) is 13.8. The van der Waals surface area contributed by atoms with Gasteiger partial charge in [-0.05, 0) is 36.4 Å². The summed E-state index contributed by atoms with van der Waals surface area (Å²) >= 11 is 5.78. The van der Waals surface area contributed by atoms with Crippen molar-refractivity contribution < 1.29 is 13.7 Å². The van der Waals surface area contributed by atoms with Gasteiger partial charge in [0, 0.05) is 23.7 Å². The Morgan fingerprint density at radius 1 is 1.16 bits per heavy atom. The van der Waals surface area contributed by atoms with Crippen LogP contribution in [0.5, 0.6) is 0 Å². The number of benzene rings is 2. The summed E-state index contributed by atoms with van der Waals surface area (Å²) in [7, 11) is 0. The van der Waals surface area contributed by atoms with E-state index in [0.717, 1.165) is 0 Å². The van der Waals surface area contributed by atoms with Gasteiger partial charge in [0.1, 0.15) is 5.82 Å². The van der Waals surface area contributed by atoms with Gasteiger partial charge in [0.05, 0.1) is 5.56 Å². The van der Waals surface area contributed by atoms with E-state index in [9.17, 15) is 9.18 Å². The highest BCUT2D eigenvalue weighted by Gasteiger charge is 2.12. The summed E-state index contributed by atoms with van der Waals surface area (Å²) in [6.45, 7) is 0.290. The zero-order valence-electron chi connectivity index (χ0n) is 13.0. The van der Waals surface area contributed by atoms with Crippen molar-refractivity contribution >= 4 is 23.3 Å². The smallest absolute Gasteiger partial charge is 0.319 e. The fourth-order valence-electron chi connectivity index (χ4n) is 2.10. The summed E-state index contributed by atoms with van der Waals surface area (Å²) in [6.07, 6.45) is 0.329. The molecule has 2 aromatic carbocycles. The van der Waals surface area contributed by atoms with Crippen LogP contribution in [0.1, 0.15) is 5.89 Å². The standard InChI is InChI=1S/C17H14ClFN4O2/c18-11-5-7-12(8-6-11)21-17(24)20-10-9-15-22-16(23-25-15)13-3-1-2-4-14(13)19/h1-8H,9-10H2,(H2,20,21,24). The first kappa shape index (κ1) is 16.9. The quantitative estimate of drug-likeness (QED) is 0.723. The van der Waals surface area contributed by atoms with Crippen molar-refractivity contribution in [2.24, 2.45) is 0 Å². The molecule has 3 aromatic rings. The Morgan fingerprint density at radius 3 is 2.68 bits per heavy atom. The number of nitrogens with zero attached hydrogens (tertiary/aromatic N) is 2. The summed E-state index contributed by atoms with van der Waals surface area (Å²) in [6, 6.07) is 12.6. The molecule has 0 atom stereocenters. The number of anilines is 1. The van der Waals surface area contributed by atoms with Crippen LogP contribution in [0.25, 0.3) is 11.4 Å². The van der Waals surface area contributed by atoms with Crippen LogP contribution < -0.4 is 10.6 Å². The van der Waals surface area contributed by atoms with Crippen molar-refractivity contribution in [1.29, 1.82) is 0 Å². The van der Waals surface area contributed by atoms with Gasteiger partial charge >= 0.3 is 6.03 Å². The average molecular weight is 361 g/mol. The van der Waals surface area contributed by atoms with E-state index in [2.05, 4.69) is 20.8 Å². The second-order valence-electron chi connectivity index (χ2n) is 5.13. The monoisotopic (exact) mass is 360 g/mol. The number of aromatic nitrogens is 2. The Morgan fingerprint density at radius 2 is 1.92 bits per heavy atom. The number of halogens is 2. The van der Waals surface area contributed by atoms with Crippen molar-refractivity contribution in [3.8, 4) is 11.4 Å².